The monoisotopic (exact) mass is 439 g/mol. The van der Waals surface area contributed by atoms with Crippen molar-refractivity contribution in [2.45, 2.75) is 18.1 Å². The van der Waals surface area contributed by atoms with Gasteiger partial charge in [0, 0.05) is 26.3 Å². The maximum Gasteiger partial charge on any atom is 0.357 e. The van der Waals surface area contributed by atoms with E-state index in [1.807, 2.05) is 0 Å². The highest BCUT2D eigenvalue weighted by Gasteiger charge is 2.57. The topological polar surface area (TPSA) is 128 Å². The van der Waals surface area contributed by atoms with Crippen molar-refractivity contribution in [1.82, 2.24) is 10.2 Å². The number of carbonyl (C=O) groups excluding carboxylic acids is 3. The van der Waals surface area contributed by atoms with E-state index in [9.17, 15) is 24.5 Å². The van der Waals surface area contributed by atoms with Gasteiger partial charge in [-0.15, -0.1) is 11.8 Å². The summed E-state index contributed by atoms with van der Waals surface area (Å²) >= 11 is 2.43. The molecule has 0 bridgehead atoms. The first-order chi connectivity index (χ1) is 13.9. The molecule has 2 atom stereocenters. The van der Waals surface area contributed by atoms with E-state index in [-0.39, 0.29) is 40.9 Å². The van der Waals surface area contributed by atoms with Crippen LogP contribution in [0.25, 0.3) is 0 Å². The molecule has 2 aliphatic rings. The van der Waals surface area contributed by atoms with Crippen molar-refractivity contribution in [2.75, 3.05) is 19.9 Å². The number of nitrogens with one attached hydrogen (secondary N) is 1. The van der Waals surface area contributed by atoms with Crippen LogP contribution in [0.15, 0.2) is 34.2 Å². The highest BCUT2D eigenvalue weighted by molar-refractivity contribution is 8.23. The molecule has 1 unspecified atom stereocenters. The summed E-state index contributed by atoms with van der Waals surface area (Å²) in [6.07, 6.45) is -0.657. The van der Waals surface area contributed by atoms with Gasteiger partial charge in [-0.3, -0.25) is 24.6 Å². The average molecular weight is 439 g/mol. The number of nitro benzene ring substituents is 1. The van der Waals surface area contributed by atoms with Crippen molar-refractivity contribution >= 4 is 47.0 Å². The van der Waals surface area contributed by atoms with Crippen molar-refractivity contribution in [3.8, 4) is 0 Å². The molecular formula is C17H17N3O7S2. The number of ether oxygens (including phenoxy) is 2. The maximum absolute atomic E-state index is 12.7. The number of non-ortho nitro benzene ring substituents is 1. The normalized spacial score (nSPS) is 20.2. The average Bonchev–Trinajstić information content (AvgIpc) is 3.05. The lowest BCUT2D eigenvalue weighted by atomic mass is 10.1. The van der Waals surface area contributed by atoms with Crippen LogP contribution >= 0.6 is 23.5 Å². The Bertz CT molecular complexity index is 888. The van der Waals surface area contributed by atoms with Gasteiger partial charge in [-0.1, -0.05) is 11.8 Å². The number of carbonyl (C=O) groups is 3. The Labute approximate surface area is 174 Å². The van der Waals surface area contributed by atoms with Gasteiger partial charge in [0.2, 0.25) is 5.91 Å². The Morgan fingerprint density at radius 3 is 2.62 bits per heavy atom. The van der Waals surface area contributed by atoms with Gasteiger partial charge >= 0.3 is 5.97 Å². The largest absolute Gasteiger partial charge is 0.456 e. The molecule has 12 heteroatoms. The first-order valence-electron chi connectivity index (χ1n) is 8.38. The SMILES string of the molecule is CNC(=O)CSC1=C(C(=O)OCc2ccc([N+](=O)[O-])cc2)N2C(=O)C(OC)[C@@H]2S1. The van der Waals surface area contributed by atoms with Crippen LogP contribution in [0.1, 0.15) is 5.56 Å². The minimum atomic E-state index is -0.708. The predicted octanol–water partition coefficient (Wildman–Crippen LogP) is 1.22. The number of thioether (sulfide) groups is 2. The Hall–Kier alpha value is -2.57. The fraction of sp³-hybridized carbons (Fsp3) is 0.353. The zero-order valence-electron chi connectivity index (χ0n) is 15.4. The van der Waals surface area contributed by atoms with Crippen LogP contribution in [0.4, 0.5) is 5.69 Å². The number of nitro groups is 1. The van der Waals surface area contributed by atoms with Crippen molar-refractivity contribution in [2.24, 2.45) is 0 Å². The van der Waals surface area contributed by atoms with E-state index in [4.69, 9.17) is 9.47 Å². The highest BCUT2D eigenvalue weighted by Crippen LogP contribution is 2.51. The summed E-state index contributed by atoms with van der Waals surface area (Å²) in [5, 5.41) is 12.8. The smallest absolute Gasteiger partial charge is 0.357 e. The van der Waals surface area contributed by atoms with E-state index in [1.165, 1.54) is 55.1 Å². The fourth-order valence-corrected chi connectivity index (χ4v) is 5.34. The highest BCUT2D eigenvalue weighted by atomic mass is 32.2. The van der Waals surface area contributed by atoms with Crippen molar-refractivity contribution in [3.05, 3.63) is 49.9 Å². The number of hydrogen-bond donors (Lipinski definition) is 1. The second kappa shape index (κ2) is 8.84. The third kappa shape index (κ3) is 4.23. The molecule has 1 aromatic rings. The van der Waals surface area contributed by atoms with Crippen LogP contribution in [0.3, 0.4) is 0 Å². The summed E-state index contributed by atoms with van der Waals surface area (Å²) < 4.78 is 11.0. The molecule has 1 N–H and O–H groups in total. The summed E-state index contributed by atoms with van der Waals surface area (Å²) in [5.74, 6) is -1.18. The van der Waals surface area contributed by atoms with Gasteiger partial charge in [0.05, 0.1) is 14.9 Å². The molecule has 2 aliphatic heterocycles. The van der Waals surface area contributed by atoms with Crippen molar-refractivity contribution in [3.63, 3.8) is 0 Å². The van der Waals surface area contributed by atoms with E-state index < -0.39 is 17.0 Å². The van der Waals surface area contributed by atoms with Crippen LogP contribution < -0.4 is 5.32 Å². The van der Waals surface area contributed by atoms with Gasteiger partial charge in [-0.05, 0) is 17.7 Å². The van der Waals surface area contributed by atoms with E-state index in [1.54, 1.807) is 0 Å². The zero-order valence-corrected chi connectivity index (χ0v) is 17.1. The van der Waals surface area contributed by atoms with Gasteiger partial charge in [0.25, 0.3) is 11.6 Å². The molecule has 0 saturated carbocycles. The fourth-order valence-electron chi connectivity index (χ4n) is 2.69. The van der Waals surface area contributed by atoms with Crippen molar-refractivity contribution < 1.29 is 28.8 Å². The summed E-state index contributed by atoms with van der Waals surface area (Å²) in [4.78, 5) is 48.1. The number of rotatable bonds is 8. The molecule has 1 saturated heterocycles. The Kier molecular flexibility index (Phi) is 6.45. The van der Waals surface area contributed by atoms with Crippen LogP contribution in [-0.2, 0) is 30.5 Å². The third-order valence-electron chi connectivity index (χ3n) is 4.23. The second-order valence-electron chi connectivity index (χ2n) is 5.97. The van der Waals surface area contributed by atoms with Crippen LogP contribution in [-0.4, -0.2) is 59.0 Å². The summed E-state index contributed by atoms with van der Waals surface area (Å²) in [6, 6.07) is 5.61. The molecule has 0 radical (unpaired) electrons. The Balaban J connectivity index is 1.72. The molecule has 2 amide bonds. The van der Waals surface area contributed by atoms with Crippen LogP contribution in [0.5, 0.6) is 0 Å². The van der Waals surface area contributed by atoms with Crippen molar-refractivity contribution in [1.29, 1.82) is 0 Å². The Morgan fingerprint density at radius 1 is 1.34 bits per heavy atom. The third-order valence-corrected chi connectivity index (χ3v) is 6.85. The quantitative estimate of drug-likeness (QED) is 0.275. The molecule has 3 rings (SSSR count). The minimum absolute atomic E-state index is 0.0671. The summed E-state index contributed by atoms with van der Waals surface area (Å²) in [6.45, 7) is -0.112. The van der Waals surface area contributed by atoms with Crippen LogP contribution in [0, 0.1) is 10.1 Å². The number of benzene rings is 1. The zero-order chi connectivity index (χ0) is 21.1. The number of fused-ring (bicyclic) bond motifs is 1. The molecule has 0 aromatic heterocycles. The first-order valence-corrected chi connectivity index (χ1v) is 10.2. The van der Waals surface area contributed by atoms with E-state index in [2.05, 4.69) is 5.32 Å². The van der Waals surface area contributed by atoms with E-state index in [0.717, 1.165) is 11.8 Å². The standard InChI is InChI=1S/C17H17N3O7S2/c1-18-11(21)8-28-17-12(19-14(22)13(26-2)15(19)29-17)16(23)27-7-9-3-5-10(6-4-9)20(24)25/h3-6,13,15H,7-8H2,1-2H3,(H,18,21)/t13?,15-/m0/s1. The molecule has 0 aliphatic carbocycles. The Morgan fingerprint density at radius 2 is 2.03 bits per heavy atom. The molecule has 0 spiro atoms. The lowest BCUT2D eigenvalue weighted by Gasteiger charge is -2.41. The molecule has 10 nitrogen and oxygen atoms in total. The van der Waals surface area contributed by atoms with Gasteiger partial charge in [0.15, 0.2) is 11.8 Å². The minimum Gasteiger partial charge on any atom is -0.456 e. The summed E-state index contributed by atoms with van der Waals surface area (Å²) in [7, 11) is 2.93. The molecular weight excluding hydrogens is 422 g/mol. The molecule has 1 aromatic carbocycles. The number of amides is 2. The number of methoxy groups -OCH3 is 1. The maximum atomic E-state index is 12.7. The van der Waals surface area contributed by atoms with E-state index >= 15 is 0 Å². The molecule has 154 valence electrons. The molecule has 1 fully saturated rings. The van der Waals surface area contributed by atoms with Gasteiger partial charge in [-0.25, -0.2) is 4.79 Å². The number of nitrogens with zero attached hydrogens (tertiary/aromatic N) is 2. The van der Waals surface area contributed by atoms with Gasteiger partial charge in [0.1, 0.15) is 12.0 Å². The lowest BCUT2D eigenvalue weighted by molar-refractivity contribution is -0.384. The first kappa shape index (κ1) is 21.1. The molecule has 2 heterocycles. The van der Waals surface area contributed by atoms with Gasteiger partial charge in [-0.2, -0.15) is 0 Å². The molecule has 29 heavy (non-hydrogen) atoms. The number of esters is 1. The number of hydrogen-bond acceptors (Lipinski definition) is 9. The van der Waals surface area contributed by atoms with E-state index in [0.29, 0.717) is 9.80 Å². The summed E-state index contributed by atoms with van der Waals surface area (Å²) in [5.41, 5.74) is 0.590. The second-order valence-corrected chi connectivity index (χ2v) is 8.34. The number of β-lactam (4-membered cyclic amide) rings is 1. The lowest BCUT2D eigenvalue weighted by Crippen LogP contribution is -2.61. The van der Waals surface area contributed by atoms with Gasteiger partial charge < -0.3 is 14.8 Å². The van der Waals surface area contributed by atoms with Crippen LogP contribution in [0.2, 0.25) is 0 Å². The predicted molar refractivity (Wildman–Crippen MR) is 105 cm³/mol.